The molecule has 2 N–H and O–H groups in total. The lowest BCUT2D eigenvalue weighted by molar-refractivity contribution is -0.154. The average molecular weight is 429 g/mol. The SMILES string of the molecule is CO[C@@H]1CCN[C@H](c2ccccc2)CO[C@H](OC)CC(=O)N[C@H](c2ccccc2)CO1. The van der Waals surface area contributed by atoms with E-state index in [9.17, 15) is 4.79 Å². The van der Waals surface area contributed by atoms with Gasteiger partial charge >= 0.3 is 0 Å². The van der Waals surface area contributed by atoms with Crippen LogP contribution in [-0.2, 0) is 23.7 Å². The zero-order valence-electron chi connectivity index (χ0n) is 18.2. The first-order valence-electron chi connectivity index (χ1n) is 10.6. The van der Waals surface area contributed by atoms with Crippen molar-refractivity contribution in [2.75, 3.05) is 34.0 Å². The molecule has 0 aromatic heterocycles. The third-order valence-electron chi connectivity index (χ3n) is 5.29. The Morgan fingerprint density at radius 3 is 1.97 bits per heavy atom. The molecule has 7 heteroatoms. The van der Waals surface area contributed by atoms with E-state index in [2.05, 4.69) is 10.6 Å². The maximum absolute atomic E-state index is 12.7. The van der Waals surface area contributed by atoms with Crippen LogP contribution in [0.3, 0.4) is 0 Å². The molecule has 1 aliphatic heterocycles. The highest BCUT2D eigenvalue weighted by atomic mass is 16.7. The Morgan fingerprint density at radius 1 is 0.806 bits per heavy atom. The van der Waals surface area contributed by atoms with Gasteiger partial charge in [-0.2, -0.15) is 0 Å². The summed E-state index contributed by atoms with van der Waals surface area (Å²) in [5.41, 5.74) is 2.07. The van der Waals surface area contributed by atoms with E-state index < -0.39 is 6.29 Å². The van der Waals surface area contributed by atoms with Crippen LogP contribution in [0.25, 0.3) is 0 Å². The Hall–Kier alpha value is -2.29. The summed E-state index contributed by atoms with van der Waals surface area (Å²) in [5.74, 6) is -0.167. The molecule has 0 unspecified atom stereocenters. The molecule has 4 atom stereocenters. The van der Waals surface area contributed by atoms with E-state index in [1.165, 1.54) is 0 Å². The second-order valence-corrected chi connectivity index (χ2v) is 7.44. The van der Waals surface area contributed by atoms with Crippen molar-refractivity contribution >= 4 is 5.91 Å². The first-order chi connectivity index (χ1) is 15.2. The summed E-state index contributed by atoms with van der Waals surface area (Å²) in [6, 6.07) is 19.5. The molecule has 7 nitrogen and oxygen atoms in total. The van der Waals surface area contributed by atoms with Crippen molar-refractivity contribution < 1.29 is 23.7 Å². The predicted octanol–water partition coefficient (Wildman–Crippen LogP) is 2.95. The maximum atomic E-state index is 12.7. The van der Waals surface area contributed by atoms with E-state index >= 15 is 0 Å². The van der Waals surface area contributed by atoms with Crippen LogP contribution in [0.15, 0.2) is 60.7 Å². The molecule has 1 aliphatic rings. The number of benzene rings is 2. The number of hydrogen-bond acceptors (Lipinski definition) is 6. The Morgan fingerprint density at radius 2 is 1.35 bits per heavy atom. The Labute approximate surface area is 184 Å². The van der Waals surface area contributed by atoms with Gasteiger partial charge in [0, 0.05) is 27.2 Å². The summed E-state index contributed by atoms with van der Waals surface area (Å²) in [7, 11) is 3.18. The Balaban J connectivity index is 1.75. The van der Waals surface area contributed by atoms with Crippen molar-refractivity contribution in [3.05, 3.63) is 71.8 Å². The number of amides is 1. The number of nitrogens with one attached hydrogen (secondary N) is 2. The molecule has 1 heterocycles. The quantitative estimate of drug-likeness (QED) is 0.780. The molecule has 1 fully saturated rings. The summed E-state index contributed by atoms with van der Waals surface area (Å²) in [4.78, 5) is 12.7. The first kappa shape index (κ1) is 23.4. The van der Waals surface area contributed by atoms with Crippen molar-refractivity contribution in [3.63, 3.8) is 0 Å². The maximum Gasteiger partial charge on any atom is 0.225 e. The monoisotopic (exact) mass is 428 g/mol. The molecule has 3 rings (SSSR count). The number of carbonyl (C=O) groups is 1. The van der Waals surface area contributed by atoms with E-state index in [1.54, 1.807) is 14.2 Å². The van der Waals surface area contributed by atoms with Crippen molar-refractivity contribution in [2.24, 2.45) is 0 Å². The molecule has 168 valence electrons. The van der Waals surface area contributed by atoms with Gasteiger partial charge in [-0.3, -0.25) is 4.79 Å². The van der Waals surface area contributed by atoms with E-state index in [0.29, 0.717) is 26.2 Å². The molecule has 0 aliphatic carbocycles. The highest BCUT2D eigenvalue weighted by Gasteiger charge is 2.23. The molecule has 31 heavy (non-hydrogen) atoms. The topological polar surface area (TPSA) is 78.0 Å². The van der Waals surface area contributed by atoms with E-state index in [4.69, 9.17) is 18.9 Å². The number of methoxy groups -OCH3 is 2. The Kier molecular flexibility index (Phi) is 9.45. The normalized spacial score (nSPS) is 26.6. The summed E-state index contributed by atoms with van der Waals surface area (Å²) >= 11 is 0. The minimum absolute atomic E-state index is 0.0422. The minimum Gasteiger partial charge on any atom is -0.356 e. The average Bonchev–Trinajstić information content (AvgIpc) is 2.82. The van der Waals surface area contributed by atoms with Crippen LogP contribution in [0.1, 0.15) is 36.1 Å². The van der Waals surface area contributed by atoms with Gasteiger partial charge in [0.1, 0.15) is 0 Å². The fourth-order valence-electron chi connectivity index (χ4n) is 3.53. The second kappa shape index (κ2) is 12.5. The molecular weight excluding hydrogens is 396 g/mol. The van der Waals surface area contributed by atoms with Crippen LogP contribution in [0.4, 0.5) is 0 Å². The third-order valence-corrected chi connectivity index (χ3v) is 5.29. The van der Waals surface area contributed by atoms with E-state index in [1.807, 2.05) is 60.7 Å². The van der Waals surface area contributed by atoms with Gasteiger partial charge in [-0.15, -0.1) is 0 Å². The highest BCUT2D eigenvalue weighted by Crippen LogP contribution is 2.18. The van der Waals surface area contributed by atoms with Crippen LogP contribution in [-0.4, -0.2) is 52.5 Å². The summed E-state index contributed by atoms with van der Waals surface area (Å²) in [5, 5.41) is 6.56. The van der Waals surface area contributed by atoms with Gasteiger partial charge in [-0.1, -0.05) is 60.7 Å². The van der Waals surface area contributed by atoms with Crippen LogP contribution in [0, 0.1) is 0 Å². The highest BCUT2D eigenvalue weighted by molar-refractivity contribution is 5.76. The lowest BCUT2D eigenvalue weighted by Crippen LogP contribution is -2.38. The van der Waals surface area contributed by atoms with Gasteiger partial charge in [-0.25, -0.2) is 0 Å². The number of hydrogen-bond donors (Lipinski definition) is 2. The van der Waals surface area contributed by atoms with Gasteiger partial charge in [0.05, 0.1) is 31.7 Å². The number of carbonyl (C=O) groups excluding carboxylic acids is 1. The van der Waals surface area contributed by atoms with E-state index in [-0.39, 0.29) is 30.7 Å². The van der Waals surface area contributed by atoms with Gasteiger partial charge < -0.3 is 29.6 Å². The lowest BCUT2D eigenvalue weighted by Gasteiger charge is -2.27. The smallest absolute Gasteiger partial charge is 0.225 e. The second-order valence-electron chi connectivity index (χ2n) is 7.44. The first-order valence-corrected chi connectivity index (χ1v) is 10.6. The van der Waals surface area contributed by atoms with Crippen LogP contribution >= 0.6 is 0 Å². The summed E-state index contributed by atoms with van der Waals surface area (Å²) in [6.07, 6.45) is -0.277. The molecule has 1 amide bonds. The van der Waals surface area contributed by atoms with Gasteiger partial charge in [0.25, 0.3) is 0 Å². The van der Waals surface area contributed by atoms with Gasteiger partial charge in [0.2, 0.25) is 5.91 Å². The van der Waals surface area contributed by atoms with Crippen LogP contribution < -0.4 is 10.6 Å². The molecule has 1 saturated heterocycles. The molecule has 0 saturated carbocycles. The zero-order chi connectivity index (χ0) is 21.9. The third kappa shape index (κ3) is 7.41. The zero-order valence-corrected chi connectivity index (χ0v) is 18.2. The standard InChI is InChI=1S/C24H32N2O5/c1-28-23-13-14-25-20(18-9-5-3-6-10-18)16-31-24(29-2)15-22(27)26-21(17-30-23)19-11-7-4-8-12-19/h3-12,20-21,23-25H,13-17H2,1-2H3,(H,26,27)/t20-,21-,23-,24-/m0/s1. The van der Waals surface area contributed by atoms with Crippen molar-refractivity contribution in [3.8, 4) is 0 Å². The largest absolute Gasteiger partial charge is 0.356 e. The van der Waals surface area contributed by atoms with Crippen molar-refractivity contribution in [1.29, 1.82) is 0 Å². The molecule has 2 aromatic carbocycles. The van der Waals surface area contributed by atoms with Crippen molar-refractivity contribution in [1.82, 2.24) is 10.6 Å². The Bertz CT molecular complexity index is 774. The lowest BCUT2D eigenvalue weighted by atomic mass is 10.1. The summed E-state index contributed by atoms with van der Waals surface area (Å²) < 4.78 is 22.9. The van der Waals surface area contributed by atoms with Gasteiger partial charge in [-0.05, 0) is 11.1 Å². The predicted molar refractivity (Wildman–Crippen MR) is 117 cm³/mol. The number of ether oxygens (including phenoxy) is 4. The number of rotatable bonds is 4. The van der Waals surface area contributed by atoms with Gasteiger partial charge in [0.15, 0.2) is 12.6 Å². The fourth-order valence-corrected chi connectivity index (χ4v) is 3.53. The van der Waals surface area contributed by atoms with Crippen LogP contribution in [0.5, 0.6) is 0 Å². The van der Waals surface area contributed by atoms with Crippen LogP contribution in [0.2, 0.25) is 0 Å². The molecule has 2 aromatic rings. The van der Waals surface area contributed by atoms with E-state index in [0.717, 1.165) is 11.1 Å². The van der Waals surface area contributed by atoms with Crippen molar-refractivity contribution in [2.45, 2.75) is 37.5 Å². The fraction of sp³-hybridized carbons (Fsp3) is 0.458. The molecular formula is C24H32N2O5. The minimum atomic E-state index is -0.639. The summed E-state index contributed by atoms with van der Waals surface area (Å²) in [6.45, 7) is 1.35. The molecule has 0 bridgehead atoms. The molecule has 0 radical (unpaired) electrons. The molecule has 0 spiro atoms.